The lowest BCUT2D eigenvalue weighted by Gasteiger charge is -2.23. The average Bonchev–Trinajstić information content (AvgIpc) is 3.23. The Morgan fingerprint density at radius 3 is 2.58 bits per heavy atom. The second-order valence-electron chi connectivity index (χ2n) is 7.17. The second kappa shape index (κ2) is 9.57. The van der Waals surface area contributed by atoms with Gasteiger partial charge in [-0.1, -0.05) is 12.1 Å². The molecule has 1 fully saturated rings. The predicted octanol–water partition coefficient (Wildman–Crippen LogP) is 4.55. The van der Waals surface area contributed by atoms with Crippen LogP contribution in [0.3, 0.4) is 0 Å². The largest absolute Gasteiger partial charge is 0.435 e. The van der Waals surface area contributed by atoms with Crippen LogP contribution in [0.1, 0.15) is 24.3 Å². The van der Waals surface area contributed by atoms with E-state index < -0.39 is 12.7 Å². The van der Waals surface area contributed by atoms with Gasteiger partial charge in [0.25, 0.3) is 0 Å². The number of piperidine rings is 1. The summed E-state index contributed by atoms with van der Waals surface area (Å²) in [6, 6.07) is 13.7. The van der Waals surface area contributed by atoms with Crippen LogP contribution in [0.2, 0.25) is 0 Å². The summed E-state index contributed by atoms with van der Waals surface area (Å²) in [5.41, 5.74) is 2.49. The molecule has 3 aromatic rings. The number of hydrogen-bond acceptors (Lipinski definition) is 5. The van der Waals surface area contributed by atoms with Crippen LogP contribution < -0.4 is 20.1 Å². The van der Waals surface area contributed by atoms with Gasteiger partial charge in [0.15, 0.2) is 5.75 Å². The van der Waals surface area contributed by atoms with Crippen LogP contribution in [-0.2, 0) is 0 Å². The predicted molar refractivity (Wildman–Crippen MR) is 111 cm³/mol. The fraction of sp³-hybridized carbons (Fsp3) is 0.273. The summed E-state index contributed by atoms with van der Waals surface area (Å²) in [7, 11) is 0. The van der Waals surface area contributed by atoms with Crippen molar-refractivity contribution in [2.75, 3.05) is 18.4 Å². The van der Waals surface area contributed by atoms with Crippen molar-refractivity contribution in [3.8, 4) is 17.2 Å². The molecule has 4 rings (SSSR count). The maximum Gasteiger partial charge on any atom is 0.417 e. The summed E-state index contributed by atoms with van der Waals surface area (Å²) in [5.74, 6) is 0.791. The van der Waals surface area contributed by atoms with Crippen LogP contribution >= 0.6 is 0 Å². The number of nitrogens with zero attached hydrogens (tertiary/aromatic N) is 2. The lowest BCUT2D eigenvalue weighted by Crippen LogP contribution is -2.28. The lowest BCUT2D eigenvalue weighted by atomic mass is 9.92. The topological polar surface area (TPSA) is 77.4 Å². The van der Waals surface area contributed by atoms with Gasteiger partial charge in [-0.25, -0.2) is 9.48 Å². The van der Waals surface area contributed by atoms with Crippen LogP contribution in [0, 0.1) is 0 Å². The van der Waals surface area contributed by atoms with Gasteiger partial charge in [-0.3, -0.25) is 5.32 Å². The van der Waals surface area contributed by atoms with Crippen LogP contribution in [0.15, 0.2) is 60.9 Å². The van der Waals surface area contributed by atoms with Crippen LogP contribution in [0.4, 0.5) is 19.3 Å². The SMILES string of the molecule is O=C(Nc1ccc(C2CCCNC2)cc1)Oc1cnn(-c2ccc(OC(F)F)cc2)c1. The first kappa shape index (κ1) is 20.8. The van der Waals surface area contributed by atoms with Crippen molar-refractivity contribution in [2.24, 2.45) is 0 Å². The molecule has 31 heavy (non-hydrogen) atoms. The summed E-state index contributed by atoms with van der Waals surface area (Å²) < 4.78 is 35.5. The molecule has 0 radical (unpaired) electrons. The van der Waals surface area contributed by atoms with Crippen molar-refractivity contribution in [3.05, 3.63) is 66.5 Å². The molecule has 1 saturated heterocycles. The number of halogens is 2. The third kappa shape index (κ3) is 5.58. The number of amides is 1. The molecule has 0 saturated carbocycles. The van der Waals surface area contributed by atoms with Gasteiger partial charge in [-0.2, -0.15) is 13.9 Å². The molecule has 162 valence electrons. The standard InChI is InChI=1S/C22H22F2N4O3/c23-21(24)30-19-9-7-18(8-10-19)28-14-20(13-26-28)31-22(29)27-17-5-3-15(4-6-17)16-2-1-11-25-12-16/h3-10,13-14,16,21,25H,1-2,11-12H2,(H,27,29). The molecule has 2 aromatic carbocycles. The highest BCUT2D eigenvalue weighted by molar-refractivity contribution is 5.86. The second-order valence-corrected chi connectivity index (χ2v) is 7.17. The third-order valence-electron chi connectivity index (χ3n) is 5.02. The summed E-state index contributed by atoms with van der Waals surface area (Å²) >= 11 is 0. The molecular formula is C22H22F2N4O3. The summed E-state index contributed by atoms with van der Waals surface area (Å²) in [6.45, 7) is -0.841. The Morgan fingerprint density at radius 1 is 1.13 bits per heavy atom. The number of nitrogens with one attached hydrogen (secondary N) is 2. The van der Waals surface area contributed by atoms with Crippen molar-refractivity contribution in [2.45, 2.75) is 25.4 Å². The number of anilines is 1. The van der Waals surface area contributed by atoms with E-state index in [1.165, 1.54) is 34.8 Å². The Morgan fingerprint density at radius 2 is 1.90 bits per heavy atom. The van der Waals surface area contributed by atoms with Crippen LogP contribution in [0.25, 0.3) is 5.69 Å². The number of aromatic nitrogens is 2. The van der Waals surface area contributed by atoms with E-state index in [9.17, 15) is 13.6 Å². The Kier molecular flexibility index (Phi) is 6.42. The fourth-order valence-corrected chi connectivity index (χ4v) is 3.51. The van der Waals surface area contributed by atoms with Gasteiger partial charge in [-0.05, 0) is 67.3 Å². The Labute approximate surface area is 178 Å². The number of ether oxygens (including phenoxy) is 2. The van der Waals surface area contributed by atoms with E-state index in [-0.39, 0.29) is 11.5 Å². The molecule has 1 atom stereocenters. The molecule has 7 nitrogen and oxygen atoms in total. The quantitative estimate of drug-likeness (QED) is 0.602. The highest BCUT2D eigenvalue weighted by atomic mass is 19.3. The first-order valence-electron chi connectivity index (χ1n) is 9.96. The molecule has 1 unspecified atom stereocenters. The zero-order valence-corrected chi connectivity index (χ0v) is 16.6. The van der Waals surface area contributed by atoms with Crippen molar-refractivity contribution < 1.29 is 23.0 Å². The molecule has 9 heteroatoms. The molecule has 1 aromatic heterocycles. The van der Waals surface area contributed by atoms with Gasteiger partial charge >= 0.3 is 12.7 Å². The third-order valence-corrected chi connectivity index (χ3v) is 5.02. The van der Waals surface area contributed by atoms with E-state index in [2.05, 4.69) is 20.5 Å². The van der Waals surface area contributed by atoms with E-state index in [0.717, 1.165) is 25.9 Å². The summed E-state index contributed by atoms with van der Waals surface area (Å²) in [5, 5.41) is 10.2. The monoisotopic (exact) mass is 428 g/mol. The van der Waals surface area contributed by atoms with Crippen molar-refractivity contribution in [1.82, 2.24) is 15.1 Å². The van der Waals surface area contributed by atoms with Crippen LogP contribution in [-0.4, -0.2) is 35.6 Å². The van der Waals surface area contributed by atoms with Crippen molar-refractivity contribution in [1.29, 1.82) is 0 Å². The van der Waals surface area contributed by atoms with Crippen LogP contribution in [0.5, 0.6) is 11.5 Å². The minimum Gasteiger partial charge on any atom is -0.435 e. The fourth-order valence-electron chi connectivity index (χ4n) is 3.51. The van der Waals surface area contributed by atoms with E-state index in [4.69, 9.17) is 4.74 Å². The normalized spacial score (nSPS) is 16.2. The van der Waals surface area contributed by atoms with E-state index in [1.54, 1.807) is 12.1 Å². The molecule has 0 bridgehead atoms. The number of rotatable bonds is 6. The first-order valence-corrected chi connectivity index (χ1v) is 9.96. The zero-order valence-electron chi connectivity index (χ0n) is 16.6. The van der Waals surface area contributed by atoms with Gasteiger partial charge in [0, 0.05) is 12.2 Å². The van der Waals surface area contributed by atoms with Gasteiger partial charge in [0.05, 0.1) is 18.1 Å². The average molecular weight is 428 g/mol. The van der Waals surface area contributed by atoms with Gasteiger partial charge < -0.3 is 14.8 Å². The minimum absolute atomic E-state index is 0.0486. The number of alkyl halides is 2. The number of hydrogen-bond donors (Lipinski definition) is 2. The molecule has 1 aliphatic heterocycles. The van der Waals surface area contributed by atoms with Crippen molar-refractivity contribution >= 4 is 11.8 Å². The van der Waals surface area contributed by atoms with Gasteiger partial charge in [0.1, 0.15) is 5.75 Å². The Balaban J connectivity index is 1.32. The molecule has 1 amide bonds. The van der Waals surface area contributed by atoms with E-state index in [0.29, 0.717) is 17.3 Å². The van der Waals surface area contributed by atoms with E-state index in [1.807, 2.05) is 24.3 Å². The molecule has 2 heterocycles. The maximum absolute atomic E-state index is 12.2. The minimum atomic E-state index is -2.88. The molecule has 1 aliphatic rings. The molecule has 0 spiro atoms. The van der Waals surface area contributed by atoms with Gasteiger partial charge in [0.2, 0.25) is 0 Å². The number of carbonyl (C=O) groups is 1. The first-order chi connectivity index (χ1) is 15.1. The highest BCUT2D eigenvalue weighted by Gasteiger charge is 2.15. The summed E-state index contributed by atoms with van der Waals surface area (Å²) in [4.78, 5) is 12.2. The Bertz CT molecular complexity index is 1000. The molecule has 0 aliphatic carbocycles. The zero-order chi connectivity index (χ0) is 21.6. The molecular weight excluding hydrogens is 406 g/mol. The van der Waals surface area contributed by atoms with Crippen molar-refractivity contribution in [3.63, 3.8) is 0 Å². The molecule has 2 N–H and O–H groups in total. The maximum atomic E-state index is 12.2. The summed E-state index contributed by atoms with van der Waals surface area (Å²) in [6.07, 6.45) is 4.60. The Hall–Kier alpha value is -3.46. The van der Waals surface area contributed by atoms with E-state index >= 15 is 0 Å². The smallest absolute Gasteiger partial charge is 0.417 e. The lowest BCUT2D eigenvalue weighted by molar-refractivity contribution is -0.0498. The number of carbonyl (C=O) groups excluding carboxylic acids is 1. The number of benzene rings is 2. The highest BCUT2D eigenvalue weighted by Crippen LogP contribution is 2.24. The van der Waals surface area contributed by atoms with Gasteiger partial charge in [-0.15, -0.1) is 0 Å².